The molecule has 2 rings (SSSR count). The Labute approximate surface area is 119 Å². The van der Waals surface area contributed by atoms with Gasteiger partial charge in [0.1, 0.15) is 10.6 Å². The third-order valence-electron chi connectivity index (χ3n) is 2.65. The molecule has 6 heteroatoms. The standard InChI is InChI=1S/C14H13NO4S/c1-19-14(18)13-10(6-7-20-13)15-12(17)8-9-4-2-3-5-11(9)16/h2-7,16H,8H2,1H3,(H,15,17). The maximum absolute atomic E-state index is 11.9. The van der Waals surface area contributed by atoms with Gasteiger partial charge in [-0.3, -0.25) is 4.79 Å². The second kappa shape index (κ2) is 6.21. The number of ether oxygens (including phenoxy) is 1. The van der Waals surface area contributed by atoms with Crippen molar-refractivity contribution >= 4 is 28.9 Å². The molecule has 0 aliphatic rings. The highest BCUT2D eigenvalue weighted by atomic mass is 32.1. The van der Waals surface area contributed by atoms with Crippen molar-refractivity contribution < 1.29 is 19.4 Å². The number of benzene rings is 1. The number of phenols is 1. The van der Waals surface area contributed by atoms with Crippen molar-refractivity contribution in [3.05, 3.63) is 46.2 Å². The zero-order valence-electron chi connectivity index (χ0n) is 10.8. The van der Waals surface area contributed by atoms with Crippen LogP contribution in [0, 0.1) is 0 Å². The Bertz CT molecular complexity index is 636. The molecule has 0 aliphatic carbocycles. The Balaban J connectivity index is 2.08. The van der Waals surface area contributed by atoms with Gasteiger partial charge in [-0.1, -0.05) is 18.2 Å². The number of aromatic hydroxyl groups is 1. The van der Waals surface area contributed by atoms with E-state index in [2.05, 4.69) is 10.1 Å². The van der Waals surface area contributed by atoms with Crippen LogP contribution in [0.1, 0.15) is 15.2 Å². The van der Waals surface area contributed by atoms with E-state index in [4.69, 9.17) is 0 Å². The fourth-order valence-electron chi connectivity index (χ4n) is 1.69. The summed E-state index contributed by atoms with van der Waals surface area (Å²) in [4.78, 5) is 23.8. The zero-order chi connectivity index (χ0) is 14.5. The van der Waals surface area contributed by atoms with E-state index in [0.29, 0.717) is 16.1 Å². The van der Waals surface area contributed by atoms with Gasteiger partial charge >= 0.3 is 5.97 Å². The molecule has 1 aromatic heterocycles. The Morgan fingerprint density at radius 3 is 2.75 bits per heavy atom. The van der Waals surface area contributed by atoms with E-state index in [9.17, 15) is 14.7 Å². The van der Waals surface area contributed by atoms with Gasteiger partial charge < -0.3 is 15.2 Å². The van der Waals surface area contributed by atoms with Crippen LogP contribution in [0.3, 0.4) is 0 Å². The first-order chi connectivity index (χ1) is 9.61. The Morgan fingerprint density at radius 2 is 2.05 bits per heavy atom. The largest absolute Gasteiger partial charge is 0.508 e. The second-order valence-electron chi connectivity index (χ2n) is 4.01. The second-order valence-corrected chi connectivity index (χ2v) is 4.92. The molecule has 0 fully saturated rings. The van der Waals surface area contributed by atoms with Crippen LogP contribution in [0.25, 0.3) is 0 Å². The van der Waals surface area contributed by atoms with E-state index in [-0.39, 0.29) is 18.1 Å². The van der Waals surface area contributed by atoms with E-state index in [1.54, 1.807) is 29.6 Å². The van der Waals surface area contributed by atoms with Gasteiger partial charge in [0.2, 0.25) is 5.91 Å². The first-order valence-electron chi connectivity index (χ1n) is 5.84. The molecule has 20 heavy (non-hydrogen) atoms. The zero-order valence-corrected chi connectivity index (χ0v) is 11.6. The molecule has 0 saturated carbocycles. The lowest BCUT2D eigenvalue weighted by atomic mass is 10.1. The van der Waals surface area contributed by atoms with E-state index < -0.39 is 5.97 Å². The van der Waals surface area contributed by atoms with Crippen LogP contribution in [-0.2, 0) is 16.0 Å². The van der Waals surface area contributed by atoms with Gasteiger partial charge in [-0.25, -0.2) is 4.79 Å². The molecule has 1 heterocycles. The van der Waals surface area contributed by atoms with Crippen molar-refractivity contribution in [3.8, 4) is 5.75 Å². The minimum Gasteiger partial charge on any atom is -0.508 e. The molecule has 0 atom stereocenters. The van der Waals surface area contributed by atoms with Crippen molar-refractivity contribution in [3.63, 3.8) is 0 Å². The Kier molecular flexibility index (Phi) is 4.37. The molecule has 0 aliphatic heterocycles. The van der Waals surface area contributed by atoms with Crippen molar-refractivity contribution in [1.82, 2.24) is 0 Å². The number of hydrogen-bond donors (Lipinski definition) is 2. The molecule has 0 spiro atoms. The van der Waals surface area contributed by atoms with Crippen LogP contribution >= 0.6 is 11.3 Å². The van der Waals surface area contributed by atoms with E-state index >= 15 is 0 Å². The summed E-state index contributed by atoms with van der Waals surface area (Å²) in [6.07, 6.45) is 0.0309. The summed E-state index contributed by atoms with van der Waals surface area (Å²) in [5, 5.41) is 14.0. The number of anilines is 1. The van der Waals surface area contributed by atoms with Crippen molar-refractivity contribution in [1.29, 1.82) is 0 Å². The van der Waals surface area contributed by atoms with Crippen molar-refractivity contribution in [2.24, 2.45) is 0 Å². The first-order valence-corrected chi connectivity index (χ1v) is 6.72. The molecule has 5 nitrogen and oxygen atoms in total. The van der Waals surface area contributed by atoms with E-state index in [1.807, 2.05) is 0 Å². The smallest absolute Gasteiger partial charge is 0.350 e. The van der Waals surface area contributed by atoms with Crippen molar-refractivity contribution in [2.45, 2.75) is 6.42 Å². The van der Waals surface area contributed by atoms with Crippen molar-refractivity contribution in [2.75, 3.05) is 12.4 Å². The van der Waals surface area contributed by atoms with Gasteiger partial charge in [-0.05, 0) is 17.5 Å². The average molecular weight is 291 g/mol. The number of thiophene rings is 1. The van der Waals surface area contributed by atoms with Crippen LogP contribution in [0.2, 0.25) is 0 Å². The van der Waals surface area contributed by atoms with E-state index in [1.165, 1.54) is 24.5 Å². The van der Waals surface area contributed by atoms with Crippen LogP contribution in [0.15, 0.2) is 35.7 Å². The summed E-state index contributed by atoms with van der Waals surface area (Å²) in [7, 11) is 1.29. The lowest BCUT2D eigenvalue weighted by Crippen LogP contribution is -2.16. The lowest BCUT2D eigenvalue weighted by Gasteiger charge is -2.06. The molecular weight excluding hydrogens is 278 g/mol. The van der Waals surface area contributed by atoms with Gasteiger partial charge in [0.05, 0.1) is 19.2 Å². The average Bonchev–Trinajstić information content (AvgIpc) is 2.88. The van der Waals surface area contributed by atoms with Crippen LogP contribution in [0.5, 0.6) is 5.75 Å². The number of para-hydroxylation sites is 1. The van der Waals surface area contributed by atoms with Gasteiger partial charge in [-0.2, -0.15) is 0 Å². The molecule has 1 amide bonds. The number of rotatable bonds is 4. The summed E-state index contributed by atoms with van der Waals surface area (Å²) in [6.45, 7) is 0. The lowest BCUT2D eigenvalue weighted by molar-refractivity contribution is -0.115. The summed E-state index contributed by atoms with van der Waals surface area (Å²) in [5.74, 6) is -0.728. The predicted octanol–water partition coefficient (Wildman–Crippen LogP) is 2.42. The summed E-state index contributed by atoms with van der Waals surface area (Å²) in [5.41, 5.74) is 0.946. The highest BCUT2D eigenvalue weighted by molar-refractivity contribution is 7.12. The monoisotopic (exact) mass is 291 g/mol. The summed E-state index contributed by atoms with van der Waals surface area (Å²) < 4.78 is 4.63. The molecule has 1 aromatic carbocycles. The highest BCUT2D eigenvalue weighted by Crippen LogP contribution is 2.24. The molecule has 104 valence electrons. The maximum Gasteiger partial charge on any atom is 0.350 e. The van der Waals surface area contributed by atoms with Crippen LogP contribution in [0.4, 0.5) is 5.69 Å². The predicted molar refractivity (Wildman–Crippen MR) is 76.1 cm³/mol. The number of amides is 1. The topological polar surface area (TPSA) is 75.6 Å². The fourth-order valence-corrected chi connectivity index (χ4v) is 2.45. The number of hydrogen-bond acceptors (Lipinski definition) is 5. The third kappa shape index (κ3) is 3.16. The molecule has 0 bridgehead atoms. The third-order valence-corrected chi connectivity index (χ3v) is 3.55. The number of carbonyl (C=O) groups is 2. The van der Waals surface area contributed by atoms with Crippen LogP contribution in [-0.4, -0.2) is 24.1 Å². The van der Waals surface area contributed by atoms with E-state index in [0.717, 1.165) is 0 Å². The quantitative estimate of drug-likeness (QED) is 0.848. The van der Waals surface area contributed by atoms with Gasteiger partial charge in [-0.15, -0.1) is 11.3 Å². The molecule has 2 aromatic rings. The number of carbonyl (C=O) groups excluding carboxylic acids is 2. The SMILES string of the molecule is COC(=O)c1sccc1NC(=O)Cc1ccccc1O. The number of phenolic OH excluding ortho intramolecular Hbond substituents is 1. The Hall–Kier alpha value is -2.34. The maximum atomic E-state index is 11.9. The molecular formula is C14H13NO4S. The van der Waals surface area contributed by atoms with Gasteiger partial charge in [0, 0.05) is 5.56 Å². The van der Waals surface area contributed by atoms with Crippen LogP contribution < -0.4 is 5.32 Å². The number of nitrogens with one attached hydrogen (secondary N) is 1. The summed E-state index contributed by atoms with van der Waals surface area (Å²) >= 11 is 1.20. The molecule has 2 N–H and O–H groups in total. The molecule has 0 saturated heterocycles. The molecule has 0 radical (unpaired) electrons. The minimum atomic E-state index is -0.488. The number of esters is 1. The molecule has 0 unspecified atom stereocenters. The number of methoxy groups -OCH3 is 1. The summed E-state index contributed by atoms with van der Waals surface area (Å²) in [6, 6.07) is 8.26. The van der Waals surface area contributed by atoms with Gasteiger partial charge in [0.25, 0.3) is 0 Å². The normalized spacial score (nSPS) is 10.1. The van der Waals surface area contributed by atoms with Gasteiger partial charge in [0.15, 0.2) is 0 Å². The highest BCUT2D eigenvalue weighted by Gasteiger charge is 2.16. The first kappa shape index (κ1) is 14.1. The Morgan fingerprint density at radius 1 is 1.30 bits per heavy atom. The minimum absolute atomic E-state index is 0.0309. The fraction of sp³-hybridized carbons (Fsp3) is 0.143.